The van der Waals surface area contributed by atoms with E-state index in [-0.39, 0.29) is 12.1 Å². The van der Waals surface area contributed by atoms with Crippen LogP contribution in [0, 0.1) is 18.3 Å². The number of aliphatic hydroxyl groups is 1. The predicted molar refractivity (Wildman–Crippen MR) is 93.0 cm³/mol. The second kappa shape index (κ2) is 5.48. The number of aromatic nitrogens is 2. The Morgan fingerprint density at radius 3 is 2.96 bits per heavy atom. The largest absolute Gasteiger partial charge is 0.391 e. The third-order valence-electron chi connectivity index (χ3n) is 4.82. The molecule has 1 aliphatic rings. The quantitative estimate of drug-likeness (QED) is 0.747. The molecule has 0 bridgehead atoms. The van der Waals surface area contributed by atoms with Crippen LogP contribution in [0.4, 0.5) is 5.82 Å². The number of rotatable bonds is 2. The zero-order valence-electron chi connectivity index (χ0n) is 13.5. The Balaban J connectivity index is 2.07. The summed E-state index contributed by atoms with van der Waals surface area (Å²) in [5.74, 6) is 0.933. The lowest BCUT2D eigenvalue weighted by Gasteiger charge is -2.27. The van der Waals surface area contributed by atoms with Gasteiger partial charge in [0.15, 0.2) is 5.65 Å². The number of fused-ring (bicyclic) bond motifs is 3. The maximum atomic E-state index is 10.1. The maximum absolute atomic E-state index is 10.1. The van der Waals surface area contributed by atoms with Gasteiger partial charge in [0, 0.05) is 19.1 Å². The number of nitriles is 1. The van der Waals surface area contributed by atoms with Gasteiger partial charge in [-0.25, -0.2) is 4.98 Å². The number of pyridine rings is 1. The highest BCUT2D eigenvalue weighted by Gasteiger charge is 2.32. The van der Waals surface area contributed by atoms with Gasteiger partial charge in [-0.05, 0) is 37.1 Å². The maximum Gasteiger partial charge on any atom is 0.157 e. The fourth-order valence-electron chi connectivity index (χ4n) is 3.68. The van der Waals surface area contributed by atoms with Crippen molar-refractivity contribution in [1.82, 2.24) is 9.38 Å². The Kier molecular flexibility index (Phi) is 3.41. The molecule has 3 heterocycles. The monoisotopic (exact) mass is 321 g/mol. The minimum absolute atomic E-state index is 0.0803. The highest BCUT2D eigenvalue weighted by Crippen LogP contribution is 2.32. The number of nitrogens with zero attached hydrogens (tertiary/aromatic N) is 4. The van der Waals surface area contributed by atoms with Crippen molar-refractivity contribution in [2.24, 2.45) is 5.73 Å². The van der Waals surface area contributed by atoms with Crippen LogP contribution in [0.25, 0.3) is 16.7 Å². The first-order chi connectivity index (χ1) is 11.6. The van der Waals surface area contributed by atoms with Crippen molar-refractivity contribution in [3.8, 4) is 6.07 Å². The van der Waals surface area contributed by atoms with E-state index in [9.17, 15) is 10.4 Å². The molecular weight excluding hydrogens is 302 g/mol. The van der Waals surface area contributed by atoms with E-state index < -0.39 is 0 Å². The second-order valence-corrected chi connectivity index (χ2v) is 6.36. The summed E-state index contributed by atoms with van der Waals surface area (Å²) in [5.41, 5.74) is 9.85. The molecule has 3 N–H and O–H groups in total. The Morgan fingerprint density at radius 2 is 2.21 bits per heavy atom. The first-order valence-electron chi connectivity index (χ1n) is 8.09. The van der Waals surface area contributed by atoms with Crippen molar-refractivity contribution in [1.29, 1.82) is 5.26 Å². The summed E-state index contributed by atoms with van der Waals surface area (Å²) < 4.78 is 2.02. The van der Waals surface area contributed by atoms with Gasteiger partial charge in [0.05, 0.1) is 22.7 Å². The molecule has 1 saturated heterocycles. The molecule has 1 aromatic carbocycles. The van der Waals surface area contributed by atoms with Gasteiger partial charge in [-0.3, -0.25) is 4.40 Å². The summed E-state index contributed by atoms with van der Waals surface area (Å²) in [7, 11) is 0. The number of aryl methyl sites for hydroxylation is 1. The summed E-state index contributed by atoms with van der Waals surface area (Å²) in [6.45, 7) is 2.93. The smallest absolute Gasteiger partial charge is 0.157 e. The van der Waals surface area contributed by atoms with Gasteiger partial charge in [0.1, 0.15) is 11.9 Å². The lowest BCUT2D eigenvalue weighted by Crippen LogP contribution is -2.36. The van der Waals surface area contributed by atoms with E-state index in [1.54, 1.807) is 0 Å². The van der Waals surface area contributed by atoms with Crippen LogP contribution in [0.1, 0.15) is 17.5 Å². The molecule has 2 atom stereocenters. The van der Waals surface area contributed by atoms with Crippen LogP contribution < -0.4 is 10.6 Å². The van der Waals surface area contributed by atoms with Gasteiger partial charge in [0.25, 0.3) is 0 Å². The number of β-amino-alcohol motifs (C(OH)–C–C–N with tert-alkyl or cyclic N) is 1. The molecule has 6 heteroatoms. The van der Waals surface area contributed by atoms with E-state index in [1.807, 2.05) is 41.7 Å². The number of para-hydroxylation sites is 2. The first-order valence-corrected chi connectivity index (χ1v) is 8.09. The van der Waals surface area contributed by atoms with E-state index >= 15 is 0 Å². The minimum Gasteiger partial charge on any atom is -0.391 e. The topological polar surface area (TPSA) is 90.6 Å². The summed E-state index contributed by atoms with van der Waals surface area (Å²) in [4.78, 5) is 6.81. The molecule has 3 aromatic rings. The molecule has 6 nitrogen and oxygen atoms in total. The molecule has 0 aliphatic carbocycles. The molecule has 0 saturated carbocycles. The van der Waals surface area contributed by atoms with Crippen molar-refractivity contribution in [2.75, 3.05) is 18.0 Å². The fourth-order valence-corrected chi connectivity index (χ4v) is 3.68. The zero-order chi connectivity index (χ0) is 16.8. The Morgan fingerprint density at radius 1 is 1.42 bits per heavy atom. The van der Waals surface area contributed by atoms with Gasteiger partial charge >= 0.3 is 0 Å². The first kappa shape index (κ1) is 14.9. The molecular formula is C18H19N5O. The normalized spacial score (nSPS) is 20.8. The van der Waals surface area contributed by atoms with Crippen molar-refractivity contribution >= 4 is 22.5 Å². The minimum atomic E-state index is -0.390. The summed E-state index contributed by atoms with van der Waals surface area (Å²) >= 11 is 0. The van der Waals surface area contributed by atoms with Crippen LogP contribution in [0.2, 0.25) is 0 Å². The van der Waals surface area contributed by atoms with Crippen molar-refractivity contribution in [3.63, 3.8) is 0 Å². The number of benzene rings is 1. The van der Waals surface area contributed by atoms with E-state index in [1.165, 1.54) is 0 Å². The van der Waals surface area contributed by atoms with Gasteiger partial charge < -0.3 is 15.7 Å². The molecule has 4 rings (SSSR count). The van der Waals surface area contributed by atoms with Crippen molar-refractivity contribution < 1.29 is 5.11 Å². The van der Waals surface area contributed by atoms with Crippen LogP contribution in [-0.4, -0.2) is 39.7 Å². The number of imidazole rings is 1. The van der Waals surface area contributed by atoms with E-state index in [4.69, 9.17) is 5.73 Å². The average molecular weight is 321 g/mol. The number of nitrogens with two attached hydrogens (primary N) is 1. The average Bonchev–Trinajstić information content (AvgIpc) is 3.14. The van der Waals surface area contributed by atoms with Gasteiger partial charge in [-0.2, -0.15) is 5.26 Å². The van der Waals surface area contributed by atoms with E-state index in [0.29, 0.717) is 30.7 Å². The van der Waals surface area contributed by atoms with Crippen molar-refractivity contribution in [2.45, 2.75) is 25.5 Å². The molecule has 2 aromatic heterocycles. The number of hydrogen-bond acceptors (Lipinski definition) is 5. The molecule has 0 unspecified atom stereocenters. The Hall–Kier alpha value is -2.62. The van der Waals surface area contributed by atoms with Crippen LogP contribution in [0.15, 0.2) is 30.3 Å². The highest BCUT2D eigenvalue weighted by molar-refractivity contribution is 5.85. The molecule has 0 amide bonds. The third-order valence-corrected chi connectivity index (χ3v) is 4.82. The number of anilines is 1. The zero-order valence-corrected chi connectivity index (χ0v) is 13.5. The summed E-state index contributed by atoms with van der Waals surface area (Å²) in [6, 6.07) is 12.2. The number of aliphatic hydroxyl groups excluding tert-OH is 1. The SMILES string of the molecule is Cc1cc(N2C[C@H](O)C[C@@H]2CN)n2c(nc3ccccc32)c1C#N. The summed E-state index contributed by atoms with van der Waals surface area (Å²) in [5, 5.41) is 19.7. The standard InChI is InChI=1S/C18H19N5O/c1-11-6-17(22-10-13(24)7-12(22)8-19)23-16-5-3-2-4-15(16)21-18(23)14(11)9-20/h2-6,12-13,24H,7-8,10,19H2,1H3/t12-,13-/m1/s1. The van der Waals surface area contributed by atoms with E-state index in [2.05, 4.69) is 16.0 Å². The molecule has 0 spiro atoms. The molecule has 0 radical (unpaired) electrons. The lowest BCUT2D eigenvalue weighted by atomic mass is 10.1. The number of hydrogen-bond donors (Lipinski definition) is 2. The molecule has 1 fully saturated rings. The Labute approximate surface area is 139 Å². The Bertz CT molecular complexity index is 971. The van der Waals surface area contributed by atoms with Gasteiger partial charge in [0.2, 0.25) is 0 Å². The van der Waals surface area contributed by atoms with Gasteiger partial charge in [-0.15, -0.1) is 0 Å². The van der Waals surface area contributed by atoms with Crippen LogP contribution >= 0.6 is 0 Å². The molecule has 24 heavy (non-hydrogen) atoms. The summed E-state index contributed by atoms with van der Waals surface area (Å²) in [6.07, 6.45) is 0.267. The highest BCUT2D eigenvalue weighted by atomic mass is 16.3. The lowest BCUT2D eigenvalue weighted by molar-refractivity contribution is 0.194. The second-order valence-electron chi connectivity index (χ2n) is 6.36. The molecule has 1 aliphatic heterocycles. The van der Waals surface area contributed by atoms with Crippen LogP contribution in [0.3, 0.4) is 0 Å². The predicted octanol–water partition coefficient (Wildman–Crippen LogP) is 1.57. The third kappa shape index (κ3) is 2.06. The van der Waals surface area contributed by atoms with Crippen LogP contribution in [-0.2, 0) is 0 Å². The van der Waals surface area contributed by atoms with E-state index in [0.717, 1.165) is 22.4 Å². The molecule has 122 valence electrons. The fraction of sp³-hybridized carbons (Fsp3) is 0.333. The van der Waals surface area contributed by atoms with Gasteiger partial charge in [-0.1, -0.05) is 12.1 Å². The van der Waals surface area contributed by atoms with Crippen molar-refractivity contribution in [3.05, 3.63) is 41.5 Å². The van der Waals surface area contributed by atoms with Crippen LogP contribution in [0.5, 0.6) is 0 Å².